The second-order valence-electron chi connectivity index (χ2n) is 6.09. The summed E-state index contributed by atoms with van der Waals surface area (Å²) in [4.78, 5) is 22.3. The molecule has 3 rings (SSSR count). The summed E-state index contributed by atoms with van der Waals surface area (Å²) in [7, 11) is 3.20. The van der Waals surface area contributed by atoms with Crippen LogP contribution in [0.2, 0.25) is 0 Å². The number of nitrogens with one attached hydrogen (secondary N) is 1. The molecule has 1 aliphatic rings. The first kappa shape index (κ1) is 17.2. The summed E-state index contributed by atoms with van der Waals surface area (Å²) in [5.41, 5.74) is 2.50. The van der Waals surface area contributed by atoms with Gasteiger partial charge >= 0.3 is 0 Å². The van der Waals surface area contributed by atoms with E-state index >= 15 is 0 Å². The lowest BCUT2D eigenvalue weighted by molar-refractivity contribution is -0.130. The zero-order valence-electron chi connectivity index (χ0n) is 14.4. The topological polar surface area (TPSA) is 96.8 Å². The molecule has 0 radical (unpaired) electrons. The molecular formula is C17H22N4O4. The van der Waals surface area contributed by atoms with Crippen molar-refractivity contribution in [2.45, 2.75) is 19.3 Å². The van der Waals surface area contributed by atoms with Gasteiger partial charge in [0.25, 0.3) is 0 Å². The fraction of sp³-hybridized carbons (Fsp3) is 0.471. The smallest absolute Gasteiger partial charge is 0.243 e. The Balaban J connectivity index is 1.83. The van der Waals surface area contributed by atoms with E-state index in [-0.39, 0.29) is 11.8 Å². The molecule has 0 bridgehead atoms. The van der Waals surface area contributed by atoms with Crippen LogP contribution in [0.4, 0.5) is 5.82 Å². The first-order valence-electron chi connectivity index (χ1n) is 8.21. The van der Waals surface area contributed by atoms with Crippen molar-refractivity contribution in [2.24, 2.45) is 5.92 Å². The number of carbonyl (C=O) groups is 1. The third-order valence-corrected chi connectivity index (χ3v) is 4.63. The van der Waals surface area contributed by atoms with Crippen LogP contribution in [0.25, 0.3) is 10.9 Å². The molecule has 134 valence electrons. The van der Waals surface area contributed by atoms with Crippen LogP contribution in [0.5, 0.6) is 11.5 Å². The standard InChI is InChI=1S/C17H22N4O4/c1-24-14-8-12-13(9-15(14)25-2)18-10-19-17(12)21-5-3-11(4-6-21)7-16(22)20-23/h8-11,23H,3-7H2,1-2H3,(H,20,22). The fourth-order valence-electron chi connectivity index (χ4n) is 3.28. The van der Waals surface area contributed by atoms with E-state index in [1.165, 1.54) is 0 Å². The number of aromatic nitrogens is 2. The lowest BCUT2D eigenvalue weighted by Gasteiger charge is -2.33. The first-order valence-corrected chi connectivity index (χ1v) is 8.21. The van der Waals surface area contributed by atoms with E-state index in [9.17, 15) is 4.79 Å². The fourth-order valence-corrected chi connectivity index (χ4v) is 3.28. The summed E-state index contributed by atoms with van der Waals surface area (Å²) >= 11 is 0. The van der Waals surface area contributed by atoms with Crippen LogP contribution in [0.15, 0.2) is 18.5 Å². The van der Waals surface area contributed by atoms with Gasteiger partial charge in [-0.15, -0.1) is 0 Å². The van der Waals surface area contributed by atoms with Crippen LogP contribution in [0, 0.1) is 5.92 Å². The molecule has 1 amide bonds. The maximum Gasteiger partial charge on any atom is 0.243 e. The predicted octanol–water partition coefficient (Wildman–Crippen LogP) is 1.76. The van der Waals surface area contributed by atoms with Crippen LogP contribution in [-0.2, 0) is 4.79 Å². The highest BCUT2D eigenvalue weighted by Crippen LogP contribution is 2.35. The number of methoxy groups -OCH3 is 2. The van der Waals surface area contributed by atoms with Gasteiger partial charge in [0.05, 0.1) is 19.7 Å². The molecule has 1 aromatic heterocycles. The summed E-state index contributed by atoms with van der Waals surface area (Å²) in [5, 5.41) is 9.57. The maximum absolute atomic E-state index is 11.3. The first-order chi connectivity index (χ1) is 12.2. The van der Waals surface area contributed by atoms with Gasteiger partial charge in [0.15, 0.2) is 11.5 Å². The van der Waals surface area contributed by atoms with Crippen LogP contribution in [-0.4, -0.2) is 48.4 Å². The molecule has 2 N–H and O–H groups in total. The number of carbonyl (C=O) groups excluding carboxylic acids is 1. The highest BCUT2D eigenvalue weighted by molar-refractivity contribution is 5.92. The van der Waals surface area contributed by atoms with Gasteiger partial charge in [-0.05, 0) is 24.8 Å². The summed E-state index contributed by atoms with van der Waals surface area (Å²) in [6.45, 7) is 1.59. The number of hydrogen-bond acceptors (Lipinski definition) is 7. The van der Waals surface area contributed by atoms with Crippen molar-refractivity contribution < 1.29 is 19.5 Å². The molecule has 0 unspecified atom stereocenters. The number of hydrogen-bond donors (Lipinski definition) is 2. The zero-order valence-corrected chi connectivity index (χ0v) is 14.4. The largest absolute Gasteiger partial charge is 0.493 e. The Hall–Kier alpha value is -2.61. The molecule has 1 aliphatic heterocycles. The van der Waals surface area contributed by atoms with Crippen molar-refractivity contribution in [2.75, 3.05) is 32.2 Å². The molecule has 25 heavy (non-hydrogen) atoms. The Morgan fingerprint density at radius 3 is 2.56 bits per heavy atom. The number of ether oxygens (including phenoxy) is 2. The number of rotatable bonds is 5. The minimum absolute atomic E-state index is 0.270. The van der Waals surface area contributed by atoms with E-state index in [4.69, 9.17) is 14.7 Å². The molecule has 1 fully saturated rings. The molecule has 2 aromatic rings. The lowest BCUT2D eigenvalue weighted by Crippen LogP contribution is -2.36. The summed E-state index contributed by atoms with van der Waals surface area (Å²) in [6.07, 6.45) is 3.63. The van der Waals surface area contributed by atoms with Crippen LogP contribution in [0.3, 0.4) is 0 Å². The monoisotopic (exact) mass is 346 g/mol. The van der Waals surface area contributed by atoms with E-state index in [1.54, 1.807) is 26.0 Å². The molecule has 0 aliphatic carbocycles. The molecule has 1 saturated heterocycles. The number of piperidine rings is 1. The number of amides is 1. The van der Waals surface area contributed by atoms with Crippen LogP contribution in [0.1, 0.15) is 19.3 Å². The summed E-state index contributed by atoms with van der Waals surface area (Å²) < 4.78 is 10.7. The minimum atomic E-state index is -0.331. The molecule has 8 nitrogen and oxygen atoms in total. The highest BCUT2D eigenvalue weighted by Gasteiger charge is 2.24. The number of nitrogens with zero attached hydrogens (tertiary/aromatic N) is 3. The van der Waals surface area contributed by atoms with Crippen LogP contribution < -0.4 is 19.9 Å². The quantitative estimate of drug-likeness (QED) is 0.629. The van der Waals surface area contributed by atoms with Gasteiger partial charge in [-0.25, -0.2) is 15.4 Å². The molecule has 1 aromatic carbocycles. The van der Waals surface area contributed by atoms with E-state index in [2.05, 4.69) is 14.9 Å². The van der Waals surface area contributed by atoms with Gasteiger partial charge < -0.3 is 14.4 Å². The molecule has 0 saturated carbocycles. The van der Waals surface area contributed by atoms with Gasteiger partial charge in [0.1, 0.15) is 12.1 Å². The van der Waals surface area contributed by atoms with Gasteiger partial charge in [-0.3, -0.25) is 10.0 Å². The number of anilines is 1. The number of fused-ring (bicyclic) bond motifs is 1. The Bertz CT molecular complexity index is 760. The van der Waals surface area contributed by atoms with E-state index in [0.717, 1.165) is 42.7 Å². The van der Waals surface area contributed by atoms with Gasteiger partial charge in [0.2, 0.25) is 5.91 Å². The molecule has 8 heteroatoms. The Morgan fingerprint density at radius 2 is 1.92 bits per heavy atom. The molecule has 0 atom stereocenters. The van der Waals surface area contributed by atoms with E-state index < -0.39 is 0 Å². The van der Waals surface area contributed by atoms with Crippen LogP contribution >= 0.6 is 0 Å². The lowest BCUT2D eigenvalue weighted by atomic mass is 9.93. The Kier molecular flexibility index (Phi) is 5.18. The average Bonchev–Trinajstić information content (AvgIpc) is 2.66. The molecule has 2 heterocycles. The Labute approximate surface area is 145 Å². The van der Waals surface area contributed by atoms with Crippen molar-refractivity contribution >= 4 is 22.6 Å². The molecular weight excluding hydrogens is 324 g/mol. The van der Waals surface area contributed by atoms with Crippen molar-refractivity contribution in [3.8, 4) is 11.5 Å². The average molecular weight is 346 g/mol. The highest BCUT2D eigenvalue weighted by atomic mass is 16.5. The van der Waals surface area contributed by atoms with Crippen molar-refractivity contribution in [1.29, 1.82) is 0 Å². The third kappa shape index (κ3) is 3.58. The van der Waals surface area contributed by atoms with Crippen molar-refractivity contribution in [3.63, 3.8) is 0 Å². The second kappa shape index (κ2) is 7.52. The number of hydroxylamine groups is 1. The zero-order chi connectivity index (χ0) is 17.8. The molecule has 0 spiro atoms. The van der Waals surface area contributed by atoms with E-state index in [1.807, 2.05) is 12.1 Å². The van der Waals surface area contributed by atoms with Crippen molar-refractivity contribution in [3.05, 3.63) is 18.5 Å². The van der Waals surface area contributed by atoms with E-state index in [0.29, 0.717) is 17.9 Å². The van der Waals surface area contributed by atoms with Gasteiger partial charge in [-0.2, -0.15) is 0 Å². The summed E-state index contributed by atoms with van der Waals surface area (Å²) in [5.74, 6) is 2.07. The summed E-state index contributed by atoms with van der Waals surface area (Å²) in [6, 6.07) is 3.74. The SMILES string of the molecule is COc1cc2ncnc(N3CCC(CC(=O)NO)CC3)c2cc1OC. The second-order valence-corrected chi connectivity index (χ2v) is 6.09. The van der Waals surface area contributed by atoms with Gasteiger partial charge in [-0.1, -0.05) is 0 Å². The van der Waals surface area contributed by atoms with Gasteiger partial charge in [0, 0.05) is 31.0 Å². The minimum Gasteiger partial charge on any atom is -0.493 e. The normalized spacial score (nSPS) is 15.2. The third-order valence-electron chi connectivity index (χ3n) is 4.63. The Morgan fingerprint density at radius 1 is 1.24 bits per heavy atom. The predicted molar refractivity (Wildman–Crippen MR) is 92.1 cm³/mol. The maximum atomic E-state index is 11.3. The van der Waals surface area contributed by atoms with Crippen molar-refractivity contribution in [1.82, 2.24) is 15.4 Å². The number of benzene rings is 1.